The maximum Gasteiger partial charge on any atom is 0.0538 e. The molecule has 2 nitrogen and oxygen atoms in total. The molecule has 19 heavy (non-hydrogen) atoms. The van der Waals surface area contributed by atoms with Crippen LogP contribution in [0, 0.1) is 5.41 Å². The zero-order chi connectivity index (χ0) is 13.7. The predicted molar refractivity (Wildman–Crippen MR) is 81.2 cm³/mol. The molecular weight excluding hydrogens is 281 g/mol. The normalized spacial score (nSPS) is 22.9. The van der Waals surface area contributed by atoms with Crippen LogP contribution in [-0.2, 0) is 11.2 Å². The number of hydrogen-bond acceptors (Lipinski definition) is 2. The van der Waals surface area contributed by atoms with E-state index < -0.39 is 0 Å². The molecule has 0 aliphatic carbocycles. The van der Waals surface area contributed by atoms with Gasteiger partial charge in [-0.2, -0.15) is 0 Å². The van der Waals surface area contributed by atoms with Crippen LogP contribution >= 0.6 is 23.2 Å². The fraction of sp³-hybridized carbons (Fsp3) is 0.600. The van der Waals surface area contributed by atoms with Gasteiger partial charge in [0.2, 0.25) is 0 Å². The molecule has 0 radical (unpaired) electrons. The van der Waals surface area contributed by atoms with Crippen LogP contribution in [0.25, 0.3) is 0 Å². The third kappa shape index (κ3) is 3.85. The minimum absolute atomic E-state index is 0.129. The van der Waals surface area contributed by atoms with Gasteiger partial charge in [0.1, 0.15) is 0 Å². The van der Waals surface area contributed by atoms with E-state index in [2.05, 4.69) is 12.2 Å². The van der Waals surface area contributed by atoms with E-state index in [1.807, 2.05) is 18.2 Å². The van der Waals surface area contributed by atoms with E-state index in [4.69, 9.17) is 27.9 Å². The van der Waals surface area contributed by atoms with Gasteiger partial charge < -0.3 is 10.1 Å². The molecule has 1 saturated heterocycles. The van der Waals surface area contributed by atoms with Gasteiger partial charge in [0.05, 0.1) is 6.61 Å². The Labute approximate surface area is 125 Å². The Morgan fingerprint density at radius 2 is 2.05 bits per heavy atom. The van der Waals surface area contributed by atoms with Crippen molar-refractivity contribution in [3.63, 3.8) is 0 Å². The molecule has 1 N–H and O–H groups in total. The number of ether oxygens (including phenoxy) is 1. The van der Waals surface area contributed by atoms with E-state index >= 15 is 0 Å². The minimum Gasteiger partial charge on any atom is -0.381 e. The van der Waals surface area contributed by atoms with E-state index in [9.17, 15) is 0 Å². The van der Waals surface area contributed by atoms with Crippen LogP contribution in [0.1, 0.15) is 25.3 Å². The summed E-state index contributed by atoms with van der Waals surface area (Å²) in [6.45, 7) is 5.79. The molecule has 0 aromatic heterocycles. The molecule has 1 atom stereocenters. The van der Waals surface area contributed by atoms with Crippen molar-refractivity contribution in [1.29, 1.82) is 0 Å². The van der Waals surface area contributed by atoms with E-state index in [0.717, 1.165) is 61.2 Å². The van der Waals surface area contributed by atoms with Gasteiger partial charge >= 0.3 is 0 Å². The Balaban J connectivity index is 2.12. The summed E-state index contributed by atoms with van der Waals surface area (Å²) in [5, 5.41) is 5.03. The molecule has 1 fully saturated rings. The van der Waals surface area contributed by atoms with Crippen molar-refractivity contribution in [2.75, 3.05) is 26.3 Å². The quantitative estimate of drug-likeness (QED) is 0.804. The third-order valence-corrected chi connectivity index (χ3v) is 4.43. The second kappa shape index (κ2) is 6.94. The summed E-state index contributed by atoms with van der Waals surface area (Å²) in [6, 6.07) is 5.71. The van der Waals surface area contributed by atoms with Gasteiger partial charge in [-0.05, 0) is 43.5 Å². The van der Waals surface area contributed by atoms with Crippen LogP contribution in [0.2, 0.25) is 10.0 Å². The van der Waals surface area contributed by atoms with Crippen molar-refractivity contribution in [1.82, 2.24) is 5.32 Å². The van der Waals surface area contributed by atoms with Gasteiger partial charge in [-0.1, -0.05) is 36.2 Å². The lowest BCUT2D eigenvalue weighted by Crippen LogP contribution is -2.37. The molecule has 0 amide bonds. The van der Waals surface area contributed by atoms with Gasteiger partial charge in [-0.15, -0.1) is 0 Å². The number of halogens is 2. The summed E-state index contributed by atoms with van der Waals surface area (Å²) >= 11 is 12.6. The largest absolute Gasteiger partial charge is 0.381 e. The predicted octanol–water partition coefficient (Wildman–Crippen LogP) is 3.94. The molecule has 2 rings (SSSR count). The molecule has 1 unspecified atom stereocenters. The Morgan fingerprint density at radius 1 is 1.32 bits per heavy atom. The summed E-state index contributed by atoms with van der Waals surface area (Å²) in [4.78, 5) is 0. The lowest BCUT2D eigenvalue weighted by atomic mass is 9.80. The fourth-order valence-electron chi connectivity index (χ4n) is 2.60. The highest BCUT2D eigenvalue weighted by molar-refractivity contribution is 6.36. The highest BCUT2D eigenvalue weighted by Gasteiger charge is 2.35. The van der Waals surface area contributed by atoms with Crippen molar-refractivity contribution < 1.29 is 4.74 Å². The third-order valence-electron chi connectivity index (χ3n) is 3.73. The maximum absolute atomic E-state index is 6.29. The summed E-state index contributed by atoms with van der Waals surface area (Å²) in [5.74, 6) is 0. The van der Waals surface area contributed by atoms with E-state index in [0.29, 0.717) is 0 Å². The molecule has 4 heteroatoms. The lowest BCUT2D eigenvalue weighted by Gasteiger charge is -2.28. The van der Waals surface area contributed by atoms with Crippen LogP contribution in [0.4, 0.5) is 0 Å². The van der Waals surface area contributed by atoms with Gasteiger partial charge in [0.15, 0.2) is 0 Å². The molecular formula is C15H21Cl2NO. The molecule has 1 heterocycles. The average Bonchev–Trinajstić information content (AvgIpc) is 2.84. The Bertz CT molecular complexity index is 396. The second-order valence-electron chi connectivity index (χ2n) is 5.36. The smallest absolute Gasteiger partial charge is 0.0538 e. The first-order chi connectivity index (χ1) is 9.17. The minimum atomic E-state index is 0.129. The van der Waals surface area contributed by atoms with Crippen molar-refractivity contribution in [2.45, 2.75) is 26.2 Å². The van der Waals surface area contributed by atoms with Crippen LogP contribution in [0.15, 0.2) is 18.2 Å². The first-order valence-corrected chi connectivity index (χ1v) is 7.64. The molecule has 0 spiro atoms. The topological polar surface area (TPSA) is 21.3 Å². The molecule has 1 aliphatic rings. The molecule has 1 aromatic rings. The highest BCUT2D eigenvalue weighted by Crippen LogP contribution is 2.36. The van der Waals surface area contributed by atoms with Gasteiger partial charge in [0.25, 0.3) is 0 Å². The number of benzene rings is 1. The number of hydrogen-bond donors (Lipinski definition) is 1. The summed E-state index contributed by atoms with van der Waals surface area (Å²) in [7, 11) is 0. The Kier molecular flexibility index (Phi) is 5.52. The van der Waals surface area contributed by atoms with Crippen molar-refractivity contribution in [2.24, 2.45) is 5.41 Å². The highest BCUT2D eigenvalue weighted by atomic mass is 35.5. The average molecular weight is 302 g/mol. The molecule has 0 saturated carbocycles. The standard InChI is InChI=1S/C15H21Cl2NO/c1-2-7-18-10-15(6-8-19-11-15)9-12-13(16)4-3-5-14(12)17/h3-5,18H,2,6-11H2,1H3. The van der Waals surface area contributed by atoms with Crippen molar-refractivity contribution in [3.05, 3.63) is 33.8 Å². The SMILES string of the molecule is CCCNCC1(Cc2c(Cl)cccc2Cl)CCOC1. The Hall–Kier alpha value is -0.280. The van der Waals surface area contributed by atoms with E-state index in [-0.39, 0.29) is 5.41 Å². The zero-order valence-corrected chi connectivity index (χ0v) is 12.9. The summed E-state index contributed by atoms with van der Waals surface area (Å²) in [5.41, 5.74) is 1.18. The fourth-order valence-corrected chi connectivity index (χ4v) is 3.13. The van der Waals surface area contributed by atoms with Gasteiger partial charge in [-0.25, -0.2) is 0 Å². The maximum atomic E-state index is 6.29. The van der Waals surface area contributed by atoms with Crippen molar-refractivity contribution in [3.8, 4) is 0 Å². The van der Waals surface area contributed by atoms with E-state index in [1.54, 1.807) is 0 Å². The molecule has 0 bridgehead atoms. The monoisotopic (exact) mass is 301 g/mol. The first-order valence-electron chi connectivity index (χ1n) is 6.88. The molecule has 1 aliphatic heterocycles. The Morgan fingerprint density at radius 3 is 2.63 bits per heavy atom. The molecule has 1 aromatic carbocycles. The van der Waals surface area contributed by atoms with Gasteiger partial charge in [0, 0.05) is 28.6 Å². The van der Waals surface area contributed by atoms with E-state index in [1.165, 1.54) is 0 Å². The van der Waals surface area contributed by atoms with Crippen LogP contribution in [-0.4, -0.2) is 26.3 Å². The summed E-state index contributed by atoms with van der Waals surface area (Å²) in [6.07, 6.45) is 3.08. The van der Waals surface area contributed by atoms with Crippen LogP contribution in [0.3, 0.4) is 0 Å². The van der Waals surface area contributed by atoms with Crippen molar-refractivity contribution >= 4 is 23.2 Å². The van der Waals surface area contributed by atoms with Crippen LogP contribution in [0.5, 0.6) is 0 Å². The number of nitrogens with one attached hydrogen (secondary N) is 1. The second-order valence-corrected chi connectivity index (χ2v) is 6.17. The summed E-state index contributed by atoms with van der Waals surface area (Å²) < 4.78 is 5.62. The van der Waals surface area contributed by atoms with Gasteiger partial charge in [-0.3, -0.25) is 0 Å². The molecule has 106 valence electrons. The lowest BCUT2D eigenvalue weighted by molar-refractivity contribution is 0.149. The van der Waals surface area contributed by atoms with Crippen LogP contribution < -0.4 is 5.32 Å². The zero-order valence-electron chi connectivity index (χ0n) is 11.3. The first kappa shape index (κ1) is 15.1. The number of rotatable bonds is 6.